The van der Waals surface area contributed by atoms with E-state index in [2.05, 4.69) is 9.97 Å². The van der Waals surface area contributed by atoms with Gasteiger partial charge >= 0.3 is 0 Å². The maximum absolute atomic E-state index is 14.2. The van der Waals surface area contributed by atoms with Crippen molar-refractivity contribution in [1.29, 1.82) is 0 Å². The molecule has 0 saturated heterocycles. The molecular weight excluding hydrogens is 369 g/mol. The van der Waals surface area contributed by atoms with Crippen LogP contribution in [0, 0.1) is 5.82 Å². The molecule has 0 amide bonds. The van der Waals surface area contributed by atoms with Crippen LogP contribution < -0.4 is 10.5 Å². The van der Waals surface area contributed by atoms with Gasteiger partial charge in [-0.05, 0) is 48.1 Å². The number of methoxy groups -OCH3 is 1. The number of aryl methyl sites for hydroxylation is 1. The van der Waals surface area contributed by atoms with Crippen molar-refractivity contribution in [3.8, 4) is 16.9 Å². The molecule has 6 heteroatoms. The highest BCUT2D eigenvalue weighted by Crippen LogP contribution is 2.40. The maximum atomic E-state index is 14.2. The molecule has 1 heterocycles. The van der Waals surface area contributed by atoms with Crippen molar-refractivity contribution in [2.24, 2.45) is 0 Å². The van der Waals surface area contributed by atoms with Crippen molar-refractivity contribution >= 4 is 11.7 Å². The Hall–Kier alpha value is -3.28. The molecule has 0 radical (unpaired) electrons. The molecule has 1 aliphatic carbocycles. The molecule has 0 bridgehead atoms. The molecule has 2 N–H and O–H groups in total. The van der Waals surface area contributed by atoms with Crippen LogP contribution in [0.1, 0.15) is 46.6 Å². The summed E-state index contributed by atoms with van der Waals surface area (Å²) in [5, 5.41) is 0. The van der Waals surface area contributed by atoms with Gasteiger partial charge in [0.25, 0.3) is 0 Å². The second kappa shape index (κ2) is 7.62. The van der Waals surface area contributed by atoms with E-state index in [1.165, 1.54) is 12.1 Å². The molecule has 1 unspecified atom stereocenters. The number of benzene rings is 2. The zero-order chi connectivity index (χ0) is 20.5. The van der Waals surface area contributed by atoms with Crippen molar-refractivity contribution in [2.75, 3.05) is 12.8 Å². The minimum absolute atomic E-state index is 0.00315. The summed E-state index contributed by atoms with van der Waals surface area (Å²) < 4.78 is 19.6. The molecule has 0 spiro atoms. The van der Waals surface area contributed by atoms with E-state index in [1.807, 2.05) is 31.2 Å². The molecule has 5 nitrogen and oxygen atoms in total. The quantitative estimate of drug-likeness (QED) is 0.715. The fourth-order valence-electron chi connectivity index (χ4n) is 4.14. The van der Waals surface area contributed by atoms with Crippen LogP contribution in [0.25, 0.3) is 11.1 Å². The zero-order valence-corrected chi connectivity index (χ0v) is 16.4. The van der Waals surface area contributed by atoms with Crippen molar-refractivity contribution in [2.45, 2.75) is 32.1 Å². The highest BCUT2D eigenvalue weighted by Gasteiger charge is 2.32. The summed E-state index contributed by atoms with van der Waals surface area (Å²) >= 11 is 0. The molecule has 4 rings (SSSR count). The number of hydrogen-bond donors (Lipinski definition) is 1. The van der Waals surface area contributed by atoms with Crippen molar-refractivity contribution in [3.05, 3.63) is 70.8 Å². The highest BCUT2D eigenvalue weighted by atomic mass is 19.1. The van der Waals surface area contributed by atoms with Gasteiger partial charge in [-0.1, -0.05) is 31.2 Å². The van der Waals surface area contributed by atoms with E-state index < -0.39 is 0 Å². The first-order valence-corrected chi connectivity index (χ1v) is 9.63. The Morgan fingerprint density at radius 3 is 2.69 bits per heavy atom. The van der Waals surface area contributed by atoms with Gasteiger partial charge in [-0.25, -0.2) is 14.4 Å². The number of Topliss-reactive ketones (excluding diaryl/α,β-unsaturated/α-hetero) is 1. The number of carbonyl (C=O) groups is 1. The Labute approximate surface area is 168 Å². The Morgan fingerprint density at radius 1 is 1.14 bits per heavy atom. The van der Waals surface area contributed by atoms with Crippen LogP contribution in [0.3, 0.4) is 0 Å². The first-order valence-electron chi connectivity index (χ1n) is 9.63. The zero-order valence-electron chi connectivity index (χ0n) is 16.4. The van der Waals surface area contributed by atoms with Crippen molar-refractivity contribution in [1.82, 2.24) is 9.97 Å². The van der Waals surface area contributed by atoms with Crippen LogP contribution in [0.2, 0.25) is 0 Å². The Kier molecular flexibility index (Phi) is 5.01. The fourth-order valence-corrected chi connectivity index (χ4v) is 4.14. The first-order chi connectivity index (χ1) is 14.0. The van der Waals surface area contributed by atoms with Gasteiger partial charge in [-0.2, -0.15) is 0 Å². The molecule has 148 valence electrons. The smallest absolute Gasteiger partial charge is 0.220 e. The number of carbonyl (C=O) groups excluding carboxylic acids is 1. The normalized spacial score (nSPS) is 15.8. The topological polar surface area (TPSA) is 78.1 Å². The van der Waals surface area contributed by atoms with E-state index in [4.69, 9.17) is 10.5 Å². The van der Waals surface area contributed by atoms with E-state index in [-0.39, 0.29) is 23.5 Å². The summed E-state index contributed by atoms with van der Waals surface area (Å²) in [6.45, 7) is 1.95. The summed E-state index contributed by atoms with van der Waals surface area (Å²) in [6, 6.07) is 12.2. The van der Waals surface area contributed by atoms with Crippen LogP contribution in [0.5, 0.6) is 5.75 Å². The van der Waals surface area contributed by atoms with Crippen LogP contribution in [0.15, 0.2) is 42.5 Å². The van der Waals surface area contributed by atoms with Gasteiger partial charge in [0.05, 0.1) is 24.1 Å². The highest BCUT2D eigenvalue weighted by molar-refractivity contribution is 6.00. The molecule has 3 aromatic rings. The second-order valence-corrected chi connectivity index (χ2v) is 7.16. The fraction of sp³-hybridized carbons (Fsp3) is 0.261. The summed E-state index contributed by atoms with van der Waals surface area (Å²) in [5.41, 5.74) is 10.2. The number of nitrogen functional groups attached to an aromatic ring is 1. The lowest BCUT2D eigenvalue weighted by Crippen LogP contribution is -2.24. The van der Waals surface area contributed by atoms with Crippen LogP contribution >= 0.6 is 0 Å². The Morgan fingerprint density at radius 2 is 1.93 bits per heavy atom. The van der Waals surface area contributed by atoms with Gasteiger partial charge < -0.3 is 10.5 Å². The summed E-state index contributed by atoms with van der Waals surface area (Å²) in [5.74, 6) is 0.370. The molecule has 1 aliphatic rings. The average molecular weight is 391 g/mol. The first kappa shape index (κ1) is 19.1. The van der Waals surface area contributed by atoms with Crippen LogP contribution in [-0.4, -0.2) is 22.9 Å². The number of nitrogens with two attached hydrogens (primary N) is 1. The lowest BCUT2D eigenvalue weighted by atomic mass is 9.78. The number of rotatable bonds is 4. The molecular formula is C23H22FN3O2. The third-order valence-electron chi connectivity index (χ3n) is 5.41. The molecule has 2 aromatic carbocycles. The van der Waals surface area contributed by atoms with Gasteiger partial charge in [-0.3, -0.25) is 4.79 Å². The number of nitrogens with zero attached hydrogens (tertiary/aromatic N) is 2. The van der Waals surface area contributed by atoms with E-state index in [0.29, 0.717) is 42.0 Å². The number of halogens is 1. The number of anilines is 1. The van der Waals surface area contributed by atoms with Gasteiger partial charge in [0.15, 0.2) is 5.78 Å². The minimum atomic E-state index is -0.336. The minimum Gasteiger partial charge on any atom is -0.496 e. The number of ether oxygens (including phenoxy) is 1. The molecule has 1 atom stereocenters. The number of ketones is 1. The van der Waals surface area contributed by atoms with Crippen molar-refractivity contribution in [3.63, 3.8) is 0 Å². The number of aromatic nitrogens is 2. The lowest BCUT2D eigenvalue weighted by molar-refractivity contribution is 0.0961. The SMILES string of the molecule is CCc1nc(N)nc2c1C(=O)CC(c1ccc(F)cc1-c1ccccc1OC)C2. The van der Waals surface area contributed by atoms with Gasteiger partial charge in [0.1, 0.15) is 11.6 Å². The predicted molar refractivity (Wildman–Crippen MR) is 110 cm³/mol. The van der Waals surface area contributed by atoms with Crippen LogP contribution in [0.4, 0.5) is 10.3 Å². The molecule has 0 fully saturated rings. The second-order valence-electron chi connectivity index (χ2n) is 7.16. The van der Waals surface area contributed by atoms with Crippen molar-refractivity contribution < 1.29 is 13.9 Å². The van der Waals surface area contributed by atoms with E-state index in [9.17, 15) is 9.18 Å². The third kappa shape index (κ3) is 3.46. The Balaban J connectivity index is 1.83. The summed E-state index contributed by atoms with van der Waals surface area (Å²) in [4.78, 5) is 21.6. The van der Waals surface area contributed by atoms with E-state index in [0.717, 1.165) is 16.7 Å². The predicted octanol–water partition coefficient (Wildman–Crippen LogP) is 4.35. The number of fused-ring (bicyclic) bond motifs is 1. The standard InChI is InChI=1S/C23H22FN3O2/c1-3-18-22-19(27-23(25)26-18)10-13(11-20(22)28)15-9-8-14(24)12-17(15)16-6-4-5-7-21(16)29-2/h4-9,12-13H,3,10-11H2,1-2H3,(H2,25,26,27). The average Bonchev–Trinajstić information content (AvgIpc) is 2.72. The third-order valence-corrected chi connectivity index (χ3v) is 5.41. The van der Waals surface area contributed by atoms with Gasteiger partial charge in [-0.15, -0.1) is 0 Å². The molecule has 0 saturated carbocycles. The summed E-state index contributed by atoms with van der Waals surface area (Å²) in [7, 11) is 1.59. The molecule has 0 aliphatic heterocycles. The van der Waals surface area contributed by atoms with Gasteiger partial charge in [0.2, 0.25) is 5.95 Å². The maximum Gasteiger partial charge on any atom is 0.220 e. The van der Waals surface area contributed by atoms with E-state index >= 15 is 0 Å². The number of para-hydroxylation sites is 1. The monoisotopic (exact) mass is 391 g/mol. The Bertz CT molecular complexity index is 1100. The molecule has 29 heavy (non-hydrogen) atoms. The van der Waals surface area contributed by atoms with E-state index in [1.54, 1.807) is 13.2 Å². The van der Waals surface area contributed by atoms with Crippen LogP contribution in [-0.2, 0) is 12.8 Å². The lowest BCUT2D eigenvalue weighted by Gasteiger charge is -2.26. The molecule has 1 aromatic heterocycles. The number of hydrogen-bond acceptors (Lipinski definition) is 5. The summed E-state index contributed by atoms with van der Waals surface area (Å²) in [6.07, 6.45) is 1.49. The largest absolute Gasteiger partial charge is 0.496 e. The van der Waals surface area contributed by atoms with Gasteiger partial charge in [0, 0.05) is 12.0 Å².